The van der Waals surface area contributed by atoms with E-state index in [4.69, 9.17) is 9.72 Å². The van der Waals surface area contributed by atoms with Crippen molar-refractivity contribution in [2.75, 3.05) is 12.0 Å². The highest BCUT2D eigenvalue weighted by atomic mass is 32.1. The molecule has 1 amide bonds. The molecule has 0 saturated carbocycles. The number of methoxy groups -OCH3 is 1. The molecule has 1 aromatic heterocycles. The third kappa shape index (κ3) is 4.09. The third-order valence-electron chi connectivity index (χ3n) is 4.75. The number of esters is 1. The van der Waals surface area contributed by atoms with E-state index in [0.717, 1.165) is 21.3 Å². The first-order valence-electron chi connectivity index (χ1n) is 9.46. The quantitative estimate of drug-likeness (QED) is 0.418. The first-order valence-corrected chi connectivity index (χ1v) is 10.3. The average Bonchev–Trinajstić information content (AvgIpc) is 3.20. The van der Waals surface area contributed by atoms with Gasteiger partial charge in [-0.2, -0.15) is 0 Å². The number of thiazole rings is 1. The van der Waals surface area contributed by atoms with E-state index in [-0.39, 0.29) is 5.91 Å². The van der Waals surface area contributed by atoms with Crippen molar-refractivity contribution in [2.24, 2.45) is 0 Å². The zero-order valence-corrected chi connectivity index (χ0v) is 17.5. The molecule has 3 aromatic carbocycles. The molecule has 5 nitrogen and oxygen atoms in total. The molecule has 6 heteroatoms. The Bertz CT molecular complexity index is 1200. The number of anilines is 1. The Hall–Kier alpha value is -3.51. The highest BCUT2D eigenvalue weighted by Gasteiger charge is 2.22. The van der Waals surface area contributed by atoms with Gasteiger partial charge < -0.3 is 4.74 Å². The largest absolute Gasteiger partial charge is 0.465 e. The lowest BCUT2D eigenvalue weighted by molar-refractivity contribution is 0.0600. The van der Waals surface area contributed by atoms with E-state index in [2.05, 4.69) is 6.07 Å². The molecule has 30 heavy (non-hydrogen) atoms. The van der Waals surface area contributed by atoms with Gasteiger partial charge in [0.1, 0.15) is 0 Å². The summed E-state index contributed by atoms with van der Waals surface area (Å²) < 4.78 is 5.77. The summed E-state index contributed by atoms with van der Waals surface area (Å²) in [7, 11) is 1.33. The van der Waals surface area contributed by atoms with Crippen LogP contribution in [0.15, 0.2) is 72.8 Å². The summed E-state index contributed by atoms with van der Waals surface area (Å²) in [5, 5.41) is 0.640. The Labute approximate surface area is 178 Å². The molecular weight excluding hydrogens is 396 g/mol. The molecule has 0 aliphatic carbocycles. The topological polar surface area (TPSA) is 59.5 Å². The normalized spacial score (nSPS) is 10.7. The number of ether oxygens (including phenoxy) is 1. The van der Waals surface area contributed by atoms with Crippen LogP contribution >= 0.6 is 11.3 Å². The number of nitrogens with zero attached hydrogens (tertiary/aromatic N) is 2. The molecule has 0 aliphatic rings. The van der Waals surface area contributed by atoms with Crippen molar-refractivity contribution in [3.63, 3.8) is 0 Å². The van der Waals surface area contributed by atoms with Crippen LogP contribution in [0.1, 0.15) is 31.8 Å². The van der Waals surface area contributed by atoms with Crippen LogP contribution in [0, 0.1) is 6.92 Å². The fourth-order valence-electron chi connectivity index (χ4n) is 3.15. The maximum Gasteiger partial charge on any atom is 0.337 e. The van der Waals surface area contributed by atoms with Crippen molar-refractivity contribution in [3.05, 3.63) is 95.1 Å². The van der Waals surface area contributed by atoms with Crippen molar-refractivity contribution in [1.29, 1.82) is 0 Å². The number of aromatic nitrogens is 1. The summed E-state index contributed by atoms with van der Waals surface area (Å²) in [6, 6.07) is 22.4. The minimum atomic E-state index is -0.434. The van der Waals surface area contributed by atoms with Crippen LogP contribution < -0.4 is 4.90 Å². The van der Waals surface area contributed by atoms with Gasteiger partial charge in [0.05, 0.1) is 29.4 Å². The zero-order chi connectivity index (χ0) is 21.1. The lowest BCUT2D eigenvalue weighted by Gasteiger charge is -2.20. The van der Waals surface area contributed by atoms with Gasteiger partial charge in [0.25, 0.3) is 5.91 Å². The monoisotopic (exact) mass is 416 g/mol. The molecule has 4 aromatic rings. The Balaban J connectivity index is 1.72. The first-order chi connectivity index (χ1) is 14.5. The molecule has 0 N–H and O–H groups in total. The van der Waals surface area contributed by atoms with E-state index >= 15 is 0 Å². The summed E-state index contributed by atoms with van der Waals surface area (Å²) in [5.74, 6) is -0.609. The Morgan fingerprint density at radius 3 is 2.37 bits per heavy atom. The van der Waals surface area contributed by atoms with E-state index in [9.17, 15) is 9.59 Å². The number of amides is 1. The van der Waals surface area contributed by atoms with E-state index in [1.54, 1.807) is 29.2 Å². The zero-order valence-electron chi connectivity index (χ0n) is 16.7. The maximum absolute atomic E-state index is 13.4. The summed E-state index contributed by atoms with van der Waals surface area (Å²) in [5.41, 5.74) is 3.91. The second-order valence-electron chi connectivity index (χ2n) is 6.91. The lowest BCUT2D eigenvalue weighted by Crippen LogP contribution is -2.30. The molecule has 0 bridgehead atoms. The maximum atomic E-state index is 13.4. The predicted octanol–water partition coefficient (Wildman–Crippen LogP) is 5.24. The highest BCUT2D eigenvalue weighted by molar-refractivity contribution is 7.22. The fraction of sp³-hybridized carbons (Fsp3) is 0.125. The molecule has 0 aliphatic heterocycles. The molecular formula is C24H20N2O3S. The van der Waals surface area contributed by atoms with Gasteiger partial charge in [-0.25, -0.2) is 9.78 Å². The van der Waals surface area contributed by atoms with Gasteiger partial charge in [-0.05, 0) is 54.4 Å². The van der Waals surface area contributed by atoms with Gasteiger partial charge in [-0.3, -0.25) is 9.69 Å². The van der Waals surface area contributed by atoms with Crippen LogP contribution in [-0.4, -0.2) is 24.0 Å². The summed E-state index contributed by atoms with van der Waals surface area (Å²) >= 11 is 1.49. The summed E-state index contributed by atoms with van der Waals surface area (Å²) in [4.78, 5) is 31.5. The number of rotatable bonds is 5. The fourth-order valence-corrected chi connectivity index (χ4v) is 4.21. The third-order valence-corrected chi connectivity index (χ3v) is 5.79. The van der Waals surface area contributed by atoms with Gasteiger partial charge in [-0.15, -0.1) is 0 Å². The van der Waals surface area contributed by atoms with Crippen LogP contribution in [0.4, 0.5) is 5.13 Å². The minimum absolute atomic E-state index is 0.175. The number of hydrogen-bond acceptors (Lipinski definition) is 5. The van der Waals surface area contributed by atoms with Gasteiger partial charge in [0, 0.05) is 5.56 Å². The van der Waals surface area contributed by atoms with Crippen LogP contribution in [0.25, 0.3) is 10.2 Å². The summed E-state index contributed by atoms with van der Waals surface area (Å²) in [6.45, 7) is 2.44. The van der Waals surface area contributed by atoms with Crippen LogP contribution in [0.3, 0.4) is 0 Å². The predicted molar refractivity (Wildman–Crippen MR) is 119 cm³/mol. The number of hydrogen-bond donors (Lipinski definition) is 0. The Morgan fingerprint density at radius 1 is 0.967 bits per heavy atom. The van der Waals surface area contributed by atoms with Crippen LogP contribution in [0.5, 0.6) is 0 Å². The van der Waals surface area contributed by atoms with Crippen molar-refractivity contribution in [2.45, 2.75) is 13.5 Å². The second-order valence-corrected chi connectivity index (χ2v) is 7.92. The molecule has 0 unspecified atom stereocenters. The minimum Gasteiger partial charge on any atom is -0.465 e. The van der Waals surface area contributed by atoms with Crippen molar-refractivity contribution >= 4 is 38.6 Å². The lowest BCUT2D eigenvalue weighted by atomic mass is 10.1. The molecule has 1 heterocycles. The molecule has 0 saturated heterocycles. The first kappa shape index (κ1) is 19.8. The van der Waals surface area contributed by atoms with Gasteiger partial charge in [0.15, 0.2) is 5.13 Å². The van der Waals surface area contributed by atoms with E-state index in [0.29, 0.717) is 22.8 Å². The number of carbonyl (C=O) groups is 2. The van der Waals surface area contributed by atoms with E-state index < -0.39 is 5.97 Å². The highest BCUT2D eigenvalue weighted by Crippen LogP contribution is 2.31. The Morgan fingerprint density at radius 2 is 1.67 bits per heavy atom. The SMILES string of the molecule is COC(=O)c1ccc(C(=O)N(Cc2ccccc2)c2nc3ccc(C)cc3s2)cc1. The smallest absolute Gasteiger partial charge is 0.337 e. The van der Waals surface area contributed by atoms with Crippen molar-refractivity contribution in [1.82, 2.24) is 4.98 Å². The van der Waals surface area contributed by atoms with Gasteiger partial charge in [0.2, 0.25) is 0 Å². The number of carbonyl (C=O) groups excluding carboxylic acids is 2. The number of aryl methyl sites for hydroxylation is 1. The molecule has 0 spiro atoms. The van der Waals surface area contributed by atoms with Crippen LogP contribution in [-0.2, 0) is 11.3 Å². The molecule has 0 fully saturated rings. The second kappa shape index (κ2) is 8.47. The standard InChI is InChI=1S/C24H20N2O3S/c1-16-8-13-20-21(14-16)30-24(25-20)26(15-17-6-4-3-5-7-17)22(27)18-9-11-19(12-10-18)23(28)29-2/h3-14H,15H2,1-2H3. The molecule has 0 atom stereocenters. The van der Waals surface area contributed by atoms with Crippen LogP contribution in [0.2, 0.25) is 0 Å². The molecule has 150 valence electrons. The molecule has 0 radical (unpaired) electrons. The summed E-state index contributed by atoms with van der Waals surface area (Å²) in [6.07, 6.45) is 0. The van der Waals surface area contributed by atoms with Crippen molar-refractivity contribution < 1.29 is 14.3 Å². The van der Waals surface area contributed by atoms with Gasteiger partial charge in [-0.1, -0.05) is 47.7 Å². The Kier molecular flexibility index (Phi) is 5.59. The number of benzene rings is 3. The molecule has 4 rings (SSSR count). The van der Waals surface area contributed by atoms with Crippen molar-refractivity contribution in [3.8, 4) is 0 Å². The van der Waals surface area contributed by atoms with Gasteiger partial charge >= 0.3 is 5.97 Å². The van der Waals surface area contributed by atoms with E-state index in [1.165, 1.54) is 18.4 Å². The number of fused-ring (bicyclic) bond motifs is 1. The average molecular weight is 417 g/mol. The van der Waals surface area contributed by atoms with E-state index in [1.807, 2.05) is 49.4 Å².